The minimum absolute atomic E-state index is 0.00764. The smallest absolute Gasteiger partial charge is 0.326 e. The van der Waals surface area contributed by atoms with Crippen LogP contribution >= 0.6 is 11.8 Å². The van der Waals surface area contributed by atoms with Crippen LogP contribution in [-0.4, -0.2) is 180 Å². The number of likely N-dealkylation sites (tertiary alicyclic amines) is 1. The van der Waals surface area contributed by atoms with Crippen molar-refractivity contribution in [3.63, 3.8) is 0 Å². The van der Waals surface area contributed by atoms with Gasteiger partial charge in [0.15, 0.2) is 29.0 Å². The molecule has 2 unspecified atom stereocenters. The molecule has 30 nitrogen and oxygen atoms in total. The number of imide groups is 1. The Kier molecular flexibility index (Phi) is 18.8. The number of aryl methyl sites for hydroxylation is 1. The van der Waals surface area contributed by atoms with E-state index in [2.05, 4.69) is 41.1 Å². The Balaban J connectivity index is 0.776. The number of rotatable bonds is 23. The van der Waals surface area contributed by atoms with Crippen LogP contribution in [0.3, 0.4) is 0 Å². The van der Waals surface area contributed by atoms with Gasteiger partial charge in [-0.15, -0.1) is 11.8 Å². The largest absolute Gasteiger partial charge is 0.507 e. The molecular formula is C57H61N11O19S. The summed E-state index contributed by atoms with van der Waals surface area (Å²) in [6.45, 7) is 1.73. The molecule has 4 amide bonds. The summed E-state index contributed by atoms with van der Waals surface area (Å²) in [6.07, 6.45) is -6.96. The van der Waals surface area contributed by atoms with Crippen LogP contribution in [0, 0.1) is 12.8 Å². The number of anilines is 2. The SMILES string of the molecule is Cc1cccc2c1C(=O)c1c(O)c3c(c(O)c1C2=O)C[C@@](O)(/C(CO)=N\NC(=O)CCN1C(=O)CC(SC[C@H](CC(=O)CC[C@H](NC(=O)c2ccc(NCc4cnc5nc(N)[nH]c(=O)c5n4)cc2)C(=O)O)C(=O)O)C1=O)C[C@@H]3O[C@H]1C[C@@H](N)[C@H](O)C(C)O1. The number of thioether (sulfide) groups is 1. The maximum atomic E-state index is 14.1. The topological polar surface area (TPSA) is 489 Å². The van der Waals surface area contributed by atoms with E-state index in [4.69, 9.17) is 20.9 Å². The zero-order chi connectivity index (χ0) is 63.6. The Morgan fingerprint density at radius 2 is 1.70 bits per heavy atom. The normalized spacial score (nSPS) is 22.3. The number of hydrazone groups is 1. The van der Waals surface area contributed by atoms with Crippen LogP contribution in [0.2, 0.25) is 0 Å². The van der Waals surface area contributed by atoms with E-state index in [9.17, 15) is 83.7 Å². The minimum atomic E-state index is -2.34. The number of amides is 4. The second-order valence-electron chi connectivity index (χ2n) is 21.7. The summed E-state index contributed by atoms with van der Waals surface area (Å²) < 4.78 is 12.1. The Bertz CT molecular complexity index is 3780. The molecule has 88 heavy (non-hydrogen) atoms. The number of nitrogen functional groups attached to an aromatic ring is 1. The van der Waals surface area contributed by atoms with Crippen molar-refractivity contribution in [3.05, 3.63) is 109 Å². The van der Waals surface area contributed by atoms with E-state index in [1.54, 1.807) is 13.0 Å². The molecule has 0 saturated carbocycles. The lowest BCUT2D eigenvalue weighted by Crippen LogP contribution is -2.53. The van der Waals surface area contributed by atoms with Crippen molar-refractivity contribution in [1.82, 2.24) is 35.6 Å². The predicted molar refractivity (Wildman–Crippen MR) is 308 cm³/mol. The molecule has 2 fully saturated rings. The maximum absolute atomic E-state index is 14.1. The van der Waals surface area contributed by atoms with Crippen LogP contribution in [0.15, 0.2) is 58.6 Å². The number of hydrogen-bond acceptors (Lipinski definition) is 25. The number of aromatic nitrogens is 4. The highest BCUT2D eigenvalue weighted by atomic mass is 32.2. The second-order valence-corrected chi connectivity index (χ2v) is 22.9. The number of ether oxygens (including phenoxy) is 2. The van der Waals surface area contributed by atoms with Gasteiger partial charge < -0.3 is 67.3 Å². The number of nitrogens with two attached hydrogens (primary N) is 2. The lowest BCUT2D eigenvalue weighted by Gasteiger charge is -2.43. The maximum Gasteiger partial charge on any atom is 0.326 e. The number of carboxylic acid groups (broad SMARTS) is 2. The number of carbonyl (C=O) groups is 9. The lowest BCUT2D eigenvalue weighted by atomic mass is 9.71. The highest BCUT2D eigenvalue weighted by molar-refractivity contribution is 8.00. The number of aliphatic carboxylic acids is 2. The van der Waals surface area contributed by atoms with Crippen molar-refractivity contribution in [2.45, 2.75) is 119 Å². The number of nitrogens with zero attached hydrogens (tertiary/aromatic N) is 5. The standard InChI is InChI=1S/C57H61N11O19S/c1-23-4-3-5-30-40(23)48(76)43-42(46(30)74)47(75)31-17-57(85,18-34(41(31)49(43)77)87-39-15-32(58)45(73)24(2)86-39)36(21-69)66-67-37(71)12-13-68-38(72)16-35(53(68)80)88-22-26(54(81)82)14-29(70)10-11-33(55(83)84)63-51(78)25-6-8-27(9-7-25)60-19-28-20-61-50-44(62-28)52(79)65-56(59)64-50/h3-9,20,24,26,32-35,39,45,60,69,73,75,77,85H,10-19,21-22,58H2,1-2H3,(H,63,78)(H,67,71)(H,81,82)(H,83,84)(H3,59,61,64,65,79)/b66-36-/t24?,26-,32+,33-,34-,35?,39-,45+,57-/m0/s1. The lowest BCUT2D eigenvalue weighted by molar-refractivity contribution is -0.245. The van der Waals surface area contributed by atoms with Crippen molar-refractivity contribution in [3.8, 4) is 11.5 Å². The van der Waals surface area contributed by atoms with Gasteiger partial charge in [-0.05, 0) is 50.1 Å². The average molecular weight is 1240 g/mol. The molecule has 15 N–H and O–H groups in total. The summed E-state index contributed by atoms with van der Waals surface area (Å²) in [5, 5.41) is 85.5. The van der Waals surface area contributed by atoms with E-state index in [1.165, 1.54) is 49.5 Å². The van der Waals surface area contributed by atoms with Crippen LogP contribution in [-0.2, 0) is 51.2 Å². The van der Waals surface area contributed by atoms with Crippen molar-refractivity contribution in [2.24, 2.45) is 16.8 Å². The fraction of sp³-hybridized carbons (Fsp3) is 0.404. The predicted octanol–water partition coefficient (Wildman–Crippen LogP) is -0.000780. The number of phenols is 2. The molecule has 9 rings (SSSR count). The van der Waals surface area contributed by atoms with Gasteiger partial charge in [0.25, 0.3) is 11.5 Å². The molecule has 2 aliphatic carbocycles. The molecule has 3 aromatic carbocycles. The fourth-order valence-corrected chi connectivity index (χ4v) is 12.2. The summed E-state index contributed by atoms with van der Waals surface area (Å²) in [7, 11) is 0. The zero-order valence-corrected chi connectivity index (χ0v) is 47.9. The molecule has 2 aliphatic heterocycles. The molecule has 4 heterocycles. The van der Waals surface area contributed by atoms with Gasteiger partial charge in [0.1, 0.15) is 28.9 Å². The summed E-state index contributed by atoms with van der Waals surface area (Å²) in [6, 6.07) is 8.01. The van der Waals surface area contributed by atoms with Crippen molar-refractivity contribution in [2.75, 3.05) is 30.0 Å². The zero-order valence-electron chi connectivity index (χ0n) is 47.1. The number of fused-ring (bicyclic) bond motifs is 4. The number of aliphatic hydroxyl groups is 3. The van der Waals surface area contributed by atoms with Gasteiger partial charge in [-0.1, -0.05) is 18.2 Å². The minimum Gasteiger partial charge on any atom is -0.507 e. The first-order valence-corrected chi connectivity index (χ1v) is 28.6. The van der Waals surface area contributed by atoms with Gasteiger partial charge in [-0.2, -0.15) is 10.1 Å². The number of benzene rings is 3. The number of aromatic hydroxyl groups is 2. The molecular weight excluding hydrogens is 1170 g/mol. The first kappa shape index (κ1) is 63.4. The van der Waals surface area contributed by atoms with Gasteiger partial charge in [-0.25, -0.2) is 20.2 Å². The molecule has 0 radical (unpaired) electrons. The summed E-state index contributed by atoms with van der Waals surface area (Å²) in [4.78, 5) is 146. The van der Waals surface area contributed by atoms with E-state index in [0.717, 1.165) is 16.7 Å². The number of carboxylic acids is 2. The summed E-state index contributed by atoms with van der Waals surface area (Å²) in [5.74, 6) is -11.6. The van der Waals surface area contributed by atoms with Crippen LogP contribution in [0.4, 0.5) is 11.6 Å². The van der Waals surface area contributed by atoms with E-state index < -0.39 is 192 Å². The number of aliphatic hydroxyl groups excluding tert-OH is 2. The summed E-state index contributed by atoms with van der Waals surface area (Å²) in [5.41, 5.74) is 10.4. The van der Waals surface area contributed by atoms with Crippen LogP contribution in [0.5, 0.6) is 11.5 Å². The number of ketones is 3. The molecule has 4 aliphatic rings. The number of hydrogen-bond donors (Lipinski definition) is 13. The molecule has 464 valence electrons. The van der Waals surface area contributed by atoms with Crippen molar-refractivity contribution < 1.29 is 88.4 Å². The number of carbonyl (C=O) groups excluding carboxylic acids is 7. The third-order valence-electron chi connectivity index (χ3n) is 15.7. The van der Waals surface area contributed by atoms with Gasteiger partial charge in [0.05, 0.1) is 71.4 Å². The van der Waals surface area contributed by atoms with E-state index in [0.29, 0.717) is 16.9 Å². The number of H-pyrrole nitrogens is 1. The Morgan fingerprint density at radius 1 is 0.977 bits per heavy atom. The Labute approximate surface area is 502 Å². The monoisotopic (exact) mass is 1240 g/mol. The van der Waals surface area contributed by atoms with E-state index in [-0.39, 0.29) is 70.1 Å². The van der Waals surface area contributed by atoms with Crippen molar-refractivity contribution >= 4 is 93.2 Å². The number of phenolic OH excluding ortho intramolecular Hbond substituents is 2. The molecule has 2 saturated heterocycles. The van der Waals surface area contributed by atoms with Gasteiger partial charge in [-0.3, -0.25) is 53.0 Å². The van der Waals surface area contributed by atoms with Crippen LogP contribution in [0.1, 0.15) is 123 Å². The number of Topliss-reactive ketones (excluding diaryl/α,β-unsaturated/α-hetero) is 1. The Morgan fingerprint density at radius 3 is 2.40 bits per heavy atom. The second kappa shape index (κ2) is 26.1. The molecule has 2 aromatic heterocycles. The fourth-order valence-electron chi connectivity index (χ4n) is 11.0. The molecule has 9 atom stereocenters. The molecule has 31 heteroatoms. The quantitative estimate of drug-likeness (QED) is 0.0174. The number of aromatic amines is 1. The van der Waals surface area contributed by atoms with Crippen molar-refractivity contribution in [1.29, 1.82) is 0 Å². The molecule has 0 bridgehead atoms. The molecule has 5 aromatic rings. The van der Waals surface area contributed by atoms with E-state index >= 15 is 0 Å². The highest BCUT2D eigenvalue weighted by Gasteiger charge is 2.50. The van der Waals surface area contributed by atoms with Gasteiger partial charge >= 0.3 is 11.9 Å². The Hall–Kier alpha value is -9.11. The first-order chi connectivity index (χ1) is 41.8. The van der Waals surface area contributed by atoms with Crippen LogP contribution in [0.25, 0.3) is 11.2 Å². The average Bonchev–Trinajstić information content (AvgIpc) is 0.831. The first-order valence-electron chi connectivity index (χ1n) is 27.6. The summed E-state index contributed by atoms with van der Waals surface area (Å²) >= 11 is 0.790. The third-order valence-corrected chi connectivity index (χ3v) is 17.0. The van der Waals surface area contributed by atoms with Gasteiger partial charge in [0, 0.05) is 96.8 Å². The van der Waals surface area contributed by atoms with Gasteiger partial charge in [0.2, 0.25) is 23.7 Å². The third kappa shape index (κ3) is 13.2. The molecule has 0 spiro atoms. The highest BCUT2D eigenvalue weighted by Crippen LogP contribution is 2.52. The van der Waals surface area contributed by atoms with E-state index in [1.807, 2.05) is 0 Å². The van der Waals surface area contributed by atoms with Crippen LogP contribution < -0.4 is 33.1 Å². The number of nitrogens with one attached hydrogen (secondary N) is 4.